The molecule has 0 aliphatic carbocycles. The fourth-order valence-electron chi connectivity index (χ4n) is 2.56. The highest BCUT2D eigenvalue weighted by molar-refractivity contribution is 7.15. The Balaban J connectivity index is 1.59. The Hall–Kier alpha value is -2.03. The van der Waals surface area contributed by atoms with Gasteiger partial charge in [0, 0.05) is 25.7 Å². The molecule has 0 bridgehead atoms. The molecular formula is C13H19N7OS. The van der Waals surface area contributed by atoms with Crippen molar-refractivity contribution in [3.05, 3.63) is 17.4 Å². The Kier molecular flexibility index (Phi) is 4.62. The molecule has 1 atom stereocenters. The molecule has 2 amide bonds. The zero-order valence-electron chi connectivity index (χ0n) is 12.5. The van der Waals surface area contributed by atoms with Crippen LogP contribution in [0.25, 0.3) is 0 Å². The van der Waals surface area contributed by atoms with E-state index in [1.807, 2.05) is 10.9 Å². The van der Waals surface area contributed by atoms with E-state index in [4.69, 9.17) is 0 Å². The van der Waals surface area contributed by atoms with Gasteiger partial charge in [0.25, 0.3) is 0 Å². The van der Waals surface area contributed by atoms with E-state index >= 15 is 0 Å². The summed E-state index contributed by atoms with van der Waals surface area (Å²) in [7, 11) is 0. The first-order valence-corrected chi connectivity index (χ1v) is 8.32. The molecule has 1 saturated heterocycles. The van der Waals surface area contributed by atoms with Gasteiger partial charge in [-0.05, 0) is 19.3 Å². The van der Waals surface area contributed by atoms with Crippen LogP contribution in [0.15, 0.2) is 12.4 Å². The molecule has 2 aromatic rings. The van der Waals surface area contributed by atoms with E-state index in [-0.39, 0.29) is 12.1 Å². The van der Waals surface area contributed by atoms with Crippen LogP contribution in [-0.2, 0) is 6.42 Å². The maximum Gasteiger partial charge on any atom is 0.323 e. The van der Waals surface area contributed by atoms with E-state index in [0.717, 1.165) is 37.2 Å². The Bertz CT molecular complexity index is 612. The van der Waals surface area contributed by atoms with Gasteiger partial charge in [0.15, 0.2) is 0 Å². The number of rotatable bonds is 4. The van der Waals surface area contributed by atoms with E-state index in [9.17, 15) is 4.79 Å². The van der Waals surface area contributed by atoms with Gasteiger partial charge in [-0.25, -0.2) is 9.48 Å². The lowest BCUT2D eigenvalue weighted by molar-refractivity contribution is 0.174. The molecule has 0 aromatic carbocycles. The number of hydrogen-bond acceptors (Lipinski definition) is 6. The molecule has 8 nitrogen and oxygen atoms in total. The lowest BCUT2D eigenvalue weighted by Crippen LogP contribution is -2.43. The number of piperidine rings is 1. The third-order valence-corrected chi connectivity index (χ3v) is 4.54. The first-order valence-electron chi connectivity index (χ1n) is 7.50. The predicted octanol–water partition coefficient (Wildman–Crippen LogP) is 1.95. The molecule has 1 aliphatic heterocycles. The second kappa shape index (κ2) is 6.82. The van der Waals surface area contributed by atoms with Crippen LogP contribution in [0.3, 0.4) is 0 Å². The van der Waals surface area contributed by atoms with Crippen molar-refractivity contribution >= 4 is 22.5 Å². The number of aromatic nitrogens is 5. The van der Waals surface area contributed by atoms with Crippen LogP contribution < -0.4 is 5.32 Å². The molecule has 118 valence electrons. The summed E-state index contributed by atoms with van der Waals surface area (Å²) in [6, 6.07) is 0.0658. The first kappa shape index (κ1) is 14.9. The number of anilines is 1. The van der Waals surface area contributed by atoms with E-state index in [0.29, 0.717) is 11.7 Å². The molecule has 22 heavy (non-hydrogen) atoms. The van der Waals surface area contributed by atoms with Crippen molar-refractivity contribution in [3.63, 3.8) is 0 Å². The van der Waals surface area contributed by atoms with Gasteiger partial charge in [0.05, 0.1) is 12.2 Å². The van der Waals surface area contributed by atoms with E-state index in [2.05, 4.69) is 32.7 Å². The fourth-order valence-corrected chi connectivity index (χ4v) is 3.39. The number of nitrogens with zero attached hydrogens (tertiary/aromatic N) is 6. The van der Waals surface area contributed by atoms with Crippen molar-refractivity contribution in [1.82, 2.24) is 30.1 Å². The minimum atomic E-state index is -0.121. The molecule has 0 spiro atoms. The minimum Gasteiger partial charge on any atom is -0.322 e. The second-order valence-corrected chi connectivity index (χ2v) is 6.37. The van der Waals surface area contributed by atoms with Crippen LogP contribution >= 0.6 is 11.3 Å². The summed E-state index contributed by atoms with van der Waals surface area (Å²) in [5.74, 6) is 0. The summed E-state index contributed by atoms with van der Waals surface area (Å²) in [5.41, 5.74) is 0. The minimum absolute atomic E-state index is 0.121. The highest BCUT2D eigenvalue weighted by Crippen LogP contribution is 2.22. The molecule has 0 radical (unpaired) electrons. The van der Waals surface area contributed by atoms with Gasteiger partial charge in [0.2, 0.25) is 5.13 Å². The van der Waals surface area contributed by atoms with Crippen molar-refractivity contribution < 1.29 is 4.79 Å². The van der Waals surface area contributed by atoms with Gasteiger partial charge in [-0.15, -0.1) is 15.3 Å². The van der Waals surface area contributed by atoms with E-state index in [1.165, 1.54) is 11.3 Å². The second-order valence-electron chi connectivity index (χ2n) is 5.31. The lowest BCUT2D eigenvalue weighted by Gasteiger charge is -2.32. The summed E-state index contributed by atoms with van der Waals surface area (Å²) in [4.78, 5) is 14.2. The number of likely N-dealkylation sites (tertiary alicyclic amines) is 1. The Morgan fingerprint density at radius 1 is 1.50 bits per heavy atom. The predicted molar refractivity (Wildman–Crippen MR) is 82.8 cm³/mol. The van der Waals surface area contributed by atoms with Gasteiger partial charge >= 0.3 is 6.03 Å². The number of carbonyl (C=O) groups is 1. The highest BCUT2D eigenvalue weighted by Gasteiger charge is 2.25. The van der Waals surface area contributed by atoms with Gasteiger partial charge in [-0.2, -0.15) is 0 Å². The van der Waals surface area contributed by atoms with Crippen molar-refractivity contribution in [1.29, 1.82) is 0 Å². The molecule has 0 unspecified atom stereocenters. The standard InChI is InChI=1S/C13H19N7OS/c1-2-4-11-16-17-12(22-11)15-13(21)19-7-3-5-10(9-19)20-8-6-14-18-20/h6,8,10H,2-5,7,9H2,1H3,(H,15,17,21)/t10-/m0/s1. The van der Waals surface area contributed by atoms with Gasteiger partial charge in [-0.3, -0.25) is 5.32 Å². The summed E-state index contributed by atoms with van der Waals surface area (Å²) < 4.78 is 1.82. The number of nitrogens with one attached hydrogen (secondary N) is 1. The molecule has 1 N–H and O–H groups in total. The lowest BCUT2D eigenvalue weighted by atomic mass is 10.1. The van der Waals surface area contributed by atoms with Gasteiger partial charge in [-0.1, -0.05) is 23.5 Å². The molecule has 3 heterocycles. The van der Waals surface area contributed by atoms with Crippen molar-refractivity contribution in [2.24, 2.45) is 0 Å². The number of urea groups is 1. The Labute approximate surface area is 132 Å². The third kappa shape index (κ3) is 3.41. The fraction of sp³-hybridized carbons (Fsp3) is 0.615. The molecular weight excluding hydrogens is 302 g/mol. The summed E-state index contributed by atoms with van der Waals surface area (Å²) in [6.45, 7) is 3.48. The highest BCUT2D eigenvalue weighted by atomic mass is 32.1. The normalized spacial score (nSPS) is 18.4. The molecule has 0 saturated carbocycles. The number of carbonyl (C=O) groups excluding carboxylic acids is 1. The zero-order valence-corrected chi connectivity index (χ0v) is 13.3. The van der Waals surface area contributed by atoms with Crippen molar-refractivity contribution in [2.45, 2.75) is 38.6 Å². The summed E-state index contributed by atoms with van der Waals surface area (Å²) >= 11 is 1.44. The number of amides is 2. The Morgan fingerprint density at radius 2 is 2.41 bits per heavy atom. The summed E-state index contributed by atoms with van der Waals surface area (Å²) in [5, 5.41) is 20.3. The molecule has 1 aliphatic rings. The Morgan fingerprint density at radius 3 is 3.18 bits per heavy atom. The third-order valence-electron chi connectivity index (χ3n) is 3.64. The van der Waals surface area contributed by atoms with Crippen molar-refractivity contribution in [3.8, 4) is 0 Å². The topological polar surface area (TPSA) is 88.8 Å². The molecule has 1 fully saturated rings. The van der Waals surface area contributed by atoms with Gasteiger partial charge in [0.1, 0.15) is 5.01 Å². The van der Waals surface area contributed by atoms with Crippen LogP contribution in [0.4, 0.5) is 9.93 Å². The molecule has 2 aromatic heterocycles. The quantitative estimate of drug-likeness (QED) is 0.929. The zero-order chi connectivity index (χ0) is 15.4. The van der Waals surface area contributed by atoms with Gasteiger partial charge < -0.3 is 4.90 Å². The largest absolute Gasteiger partial charge is 0.323 e. The SMILES string of the molecule is CCCc1nnc(NC(=O)N2CCC[C@H](n3ccnn3)C2)s1. The average molecular weight is 321 g/mol. The van der Waals surface area contributed by atoms with Crippen LogP contribution in [0.1, 0.15) is 37.2 Å². The number of aryl methyl sites for hydroxylation is 1. The molecule has 3 rings (SSSR count). The summed E-state index contributed by atoms with van der Waals surface area (Å²) in [6.07, 6.45) is 7.38. The van der Waals surface area contributed by atoms with Crippen LogP contribution in [0, 0.1) is 0 Å². The van der Waals surface area contributed by atoms with E-state index < -0.39 is 0 Å². The maximum atomic E-state index is 12.4. The smallest absolute Gasteiger partial charge is 0.322 e. The van der Waals surface area contributed by atoms with E-state index in [1.54, 1.807) is 11.1 Å². The molecule has 9 heteroatoms. The maximum absolute atomic E-state index is 12.4. The monoisotopic (exact) mass is 321 g/mol. The average Bonchev–Trinajstić information content (AvgIpc) is 3.20. The van der Waals surface area contributed by atoms with Crippen molar-refractivity contribution in [2.75, 3.05) is 18.4 Å². The first-order chi connectivity index (χ1) is 10.8. The van der Waals surface area contributed by atoms with Crippen LogP contribution in [0.5, 0.6) is 0 Å². The van der Waals surface area contributed by atoms with Crippen LogP contribution in [-0.4, -0.2) is 49.2 Å². The number of hydrogen-bond donors (Lipinski definition) is 1. The van der Waals surface area contributed by atoms with Crippen LogP contribution in [0.2, 0.25) is 0 Å².